The summed E-state index contributed by atoms with van der Waals surface area (Å²) >= 11 is 0. The van der Waals surface area contributed by atoms with E-state index in [4.69, 9.17) is 4.74 Å². The van der Waals surface area contributed by atoms with Crippen LogP contribution in [0.15, 0.2) is 11.8 Å². The molecule has 0 N–H and O–H groups in total. The summed E-state index contributed by atoms with van der Waals surface area (Å²) in [5.41, 5.74) is 0.466. The van der Waals surface area contributed by atoms with Crippen LogP contribution in [0, 0.1) is 5.92 Å². The lowest BCUT2D eigenvalue weighted by Crippen LogP contribution is -2.19. The topological polar surface area (TPSA) is 46.6 Å². The summed E-state index contributed by atoms with van der Waals surface area (Å²) in [7, 11) is 1.35. The molecule has 1 heterocycles. The third-order valence-corrected chi connectivity index (χ3v) is 2.94. The van der Waals surface area contributed by atoms with Crippen LogP contribution in [-0.2, 0) is 14.3 Å². The Kier molecular flexibility index (Phi) is 5.19. The van der Waals surface area contributed by atoms with E-state index >= 15 is 0 Å². The molecule has 0 aromatic heterocycles. The quantitative estimate of drug-likeness (QED) is 0.541. The van der Waals surface area contributed by atoms with Crippen molar-refractivity contribution >= 4 is 11.8 Å². The lowest BCUT2D eigenvalue weighted by atomic mass is 10.0. The molecule has 0 aromatic carbocycles. The number of carbonyl (C=O) groups is 2. The highest BCUT2D eigenvalue weighted by atomic mass is 16.5. The predicted octanol–water partition coefficient (Wildman–Crippen LogP) is 1.75. The van der Waals surface area contributed by atoms with Crippen LogP contribution in [-0.4, -0.2) is 36.9 Å². The summed E-state index contributed by atoms with van der Waals surface area (Å²) in [5.74, 6) is -0.381. The lowest BCUT2D eigenvalue weighted by molar-refractivity contribution is -0.137. The van der Waals surface area contributed by atoms with Crippen molar-refractivity contribution in [2.45, 2.75) is 33.1 Å². The molecular weight excluding hydrogens is 218 g/mol. The van der Waals surface area contributed by atoms with Gasteiger partial charge in [0.25, 0.3) is 0 Å². The van der Waals surface area contributed by atoms with E-state index in [9.17, 15) is 9.59 Å². The molecule has 1 aliphatic rings. The van der Waals surface area contributed by atoms with Gasteiger partial charge in [0.05, 0.1) is 12.7 Å². The van der Waals surface area contributed by atoms with Crippen LogP contribution >= 0.6 is 0 Å². The zero-order valence-electron chi connectivity index (χ0n) is 10.9. The van der Waals surface area contributed by atoms with Crippen molar-refractivity contribution < 1.29 is 14.3 Å². The Morgan fingerprint density at radius 3 is 2.35 bits per heavy atom. The minimum Gasteiger partial charge on any atom is -0.466 e. The molecule has 0 amide bonds. The second-order valence-electron chi connectivity index (χ2n) is 4.69. The summed E-state index contributed by atoms with van der Waals surface area (Å²) < 4.78 is 4.72. The maximum atomic E-state index is 11.7. The lowest BCUT2D eigenvalue weighted by Gasteiger charge is -2.14. The second kappa shape index (κ2) is 6.42. The Morgan fingerprint density at radius 2 is 1.88 bits per heavy atom. The van der Waals surface area contributed by atoms with Crippen molar-refractivity contribution in [2.24, 2.45) is 5.92 Å². The zero-order valence-corrected chi connectivity index (χ0v) is 10.9. The van der Waals surface area contributed by atoms with Gasteiger partial charge in [0.2, 0.25) is 0 Å². The van der Waals surface area contributed by atoms with Crippen LogP contribution in [0.25, 0.3) is 0 Å². The molecule has 0 radical (unpaired) electrons. The number of likely N-dealkylation sites (tertiary alicyclic amines) is 1. The van der Waals surface area contributed by atoms with Crippen LogP contribution in [0.4, 0.5) is 0 Å². The van der Waals surface area contributed by atoms with Gasteiger partial charge in [-0.1, -0.05) is 13.8 Å². The van der Waals surface area contributed by atoms with Crippen LogP contribution in [0.2, 0.25) is 0 Å². The van der Waals surface area contributed by atoms with Gasteiger partial charge in [-0.25, -0.2) is 4.79 Å². The number of rotatable bonds is 5. The number of carbonyl (C=O) groups excluding carboxylic acids is 2. The van der Waals surface area contributed by atoms with E-state index in [-0.39, 0.29) is 18.1 Å². The number of esters is 1. The number of nitrogens with zero attached hydrogens (tertiary/aromatic N) is 1. The van der Waals surface area contributed by atoms with Gasteiger partial charge < -0.3 is 9.64 Å². The van der Waals surface area contributed by atoms with E-state index in [0.29, 0.717) is 5.57 Å². The molecule has 96 valence electrons. The first kappa shape index (κ1) is 13.7. The van der Waals surface area contributed by atoms with Gasteiger partial charge in [0.1, 0.15) is 5.78 Å². The highest BCUT2D eigenvalue weighted by molar-refractivity contribution is 5.96. The largest absolute Gasteiger partial charge is 0.466 e. The summed E-state index contributed by atoms with van der Waals surface area (Å²) in [6.07, 6.45) is 4.24. The molecule has 1 rings (SSSR count). The van der Waals surface area contributed by atoms with Crippen molar-refractivity contribution in [1.82, 2.24) is 4.90 Å². The molecule has 0 aromatic rings. The van der Waals surface area contributed by atoms with E-state index in [1.165, 1.54) is 7.11 Å². The maximum Gasteiger partial charge on any atom is 0.335 e. The van der Waals surface area contributed by atoms with Gasteiger partial charge in [-0.3, -0.25) is 4.79 Å². The number of Topliss-reactive ketones (excluding diaryl/α,β-unsaturated/α-hetero) is 1. The van der Waals surface area contributed by atoms with Crippen molar-refractivity contribution in [1.29, 1.82) is 0 Å². The van der Waals surface area contributed by atoms with Gasteiger partial charge in [-0.2, -0.15) is 0 Å². The molecular formula is C13H21NO3. The third-order valence-electron chi connectivity index (χ3n) is 2.94. The Hall–Kier alpha value is -1.32. The van der Waals surface area contributed by atoms with Gasteiger partial charge in [0, 0.05) is 31.6 Å². The third kappa shape index (κ3) is 4.21. The molecule has 0 bridgehead atoms. The van der Waals surface area contributed by atoms with Crippen molar-refractivity contribution in [3.05, 3.63) is 11.8 Å². The summed E-state index contributed by atoms with van der Waals surface area (Å²) in [6, 6.07) is 0. The minimum absolute atomic E-state index is 0.0540. The van der Waals surface area contributed by atoms with Gasteiger partial charge in [-0.05, 0) is 12.8 Å². The number of ether oxygens (including phenoxy) is 1. The number of hydrogen-bond acceptors (Lipinski definition) is 4. The summed E-state index contributed by atoms with van der Waals surface area (Å²) in [5, 5.41) is 0. The van der Waals surface area contributed by atoms with E-state index in [0.717, 1.165) is 25.9 Å². The van der Waals surface area contributed by atoms with E-state index in [1.54, 1.807) is 6.20 Å². The number of methoxy groups -OCH3 is 1. The molecule has 0 atom stereocenters. The van der Waals surface area contributed by atoms with E-state index in [1.807, 2.05) is 13.8 Å². The van der Waals surface area contributed by atoms with Crippen molar-refractivity contribution in [2.75, 3.05) is 20.2 Å². The molecule has 4 heteroatoms. The normalized spacial score (nSPS) is 16.5. The van der Waals surface area contributed by atoms with Crippen LogP contribution in [0.5, 0.6) is 0 Å². The maximum absolute atomic E-state index is 11.7. The second-order valence-corrected chi connectivity index (χ2v) is 4.69. The summed E-state index contributed by atoms with van der Waals surface area (Å²) in [4.78, 5) is 25.4. The van der Waals surface area contributed by atoms with E-state index < -0.39 is 5.97 Å². The van der Waals surface area contributed by atoms with Crippen LogP contribution in [0.1, 0.15) is 33.1 Å². The molecule has 0 saturated carbocycles. The Bertz CT molecular complexity index is 315. The summed E-state index contributed by atoms with van der Waals surface area (Å²) in [6.45, 7) is 5.59. The fraction of sp³-hybridized carbons (Fsp3) is 0.692. The average molecular weight is 239 g/mol. The molecule has 0 unspecified atom stereocenters. The number of ketones is 1. The molecule has 0 aliphatic carbocycles. The van der Waals surface area contributed by atoms with Gasteiger partial charge >= 0.3 is 5.97 Å². The van der Waals surface area contributed by atoms with Crippen molar-refractivity contribution in [3.8, 4) is 0 Å². The Balaban J connectivity index is 2.72. The molecule has 1 saturated heterocycles. The first-order valence-electron chi connectivity index (χ1n) is 6.10. The fourth-order valence-electron chi connectivity index (χ4n) is 1.78. The molecule has 1 aliphatic heterocycles. The molecule has 0 spiro atoms. The highest BCUT2D eigenvalue weighted by Crippen LogP contribution is 2.14. The predicted molar refractivity (Wildman–Crippen MR) is 65.4 cm³/mol. The number of hydrogen-bond donors (Lipinski definition) is 0. The zero-order chi connectivity index (χ0) is 12.8. The SMILES string of the molecule is COC(=O)/C(=C/N1CCCC1)CC(=O)C(C)C. The highest BCUT2D eigenvalue weighted by Gasteiger charge is 2.19. The van der Waals surface area contributed by atoms with Crippen LogP contribution < -0.4 is 0 Å². The van der Waals surface area contributed by atoms with Gasteiger partial charge in [-0.15, -0.1) is 0 Å². The average Bonchev–Trinajstić information content (AvgIpc) is 2.79. The standard InChI is InChI=1S/C13H21NO3/c1-10(2)12(15)8-11(13(16)17-3)9-14-6-4-5-7-14/h9-10H,4-8H2,1-3H3/b11-9+. The van der Waals surface area contributed by atoms with Crippen LogP contribution in [0.3, 0.4) is 0 Å². The monoisotopic (exact) mass is 239 g/mol. The molecule has 1 fully saturated rings. The van der Waals surface area contributed by atoms with E-state index in [2.05, 4.69) is 4.90 Å². The smallest absolute Gasteiger partial charge is 0.335 e. The van der Waals surface area contributed by atoms with Crippen molar-refractivity contribution in [3.63, 3.8) is 0 Å². The molecule has 4 nitrogen and oxygen atoms in total. The molecule has 17 heavy (non-hydrogen) atoms. The first-order chi connectivity index (χ1) is 8.04. The Labute approximate surface area is 103 Å². The van der Waals surface area contributed by atoms with Gasteiger partial charge in [0.15, 0.2) is 0 Å². The minimum atomic E-state index is -0.397. The Morgan fingerprint density at radius 1 is 1.29 bits per heavy atom. The fourth-order valence-corrected chi connectivity index (χ4v) is 1.78. The first-order valence-corrected chi connectivity index (χ1v) is 6.10.